The van der Waals surface area contributed by atoms with Crippen molar-refractivity contribution in [1.29, 1.82) is 0 Å². The van der Waals surface area contributed by atoms with Crippen molar-refractivity contribution < 1.29 is 14.6 Å². The van der Waals surface area contributed by atoms with Crippen LogP contribution < -0.4 is 0 Å². The van der Waals surface area contributed by atoms with Gasteiger partial charge in [-0.15, -0.1) is 0 Å². The smallest absolute Gasteiger partial charge is 0.316 e. The third kappa shape index (κ3) is 2.32. The molecule has 104 valence electrons. The second kappa shape index (κ2) is 4.91. The molecule has 1 saturated carbocycles. The number of ether oxygens (including phenoxy) is 1. The maximum Gasteiger partial charge on any atom is 0.316 e. The quantitative estimate of drug-likeness (QED) is 0.868. The van der Waals surface area contributed by atoms with Crippen LogP contribution in [0.25, 0.3) is 0 Å². The van der Waals surface area contributed by atoms with E-state index in [1.165, 1.54) is 7.11 Å². The summed E-state index contributed by atoms with van der Waals surface area (Å²) in [5.74, 6) is -0.145. The summed E-state index contributed by atoms with van der Waals surface area (Å²) in [5, 5.41) is 10.5. The van der Waals surface area contributed by atoms with Crippen LogP contribution in [0.15, 0.2) is 28.7 Å². The molecule has 1 aliphatic carbocycles. The molecule has 0 spiro atoms. The molecule has 1 aromatic rings. The largest absolute Gasteiger partial charge is 0.468 e. The van der Waals surface area contributed by atoms with Crippen molar-refractivity contribution in [2.75, 3.05) is 7.11 Å². The molecule has 0 aliphatic heterocycles. The monoisotopic (exact) mass is 326 g/mol. The topological polar surface area (TPSA) is 46.5 Å². The van der Waals surface area contributed by atoms with Gasteiger partial charge < -0.3 is 9.84 Å². The molecule has 0 saturated heterocycles. The third-order valence-corrected chi connectivity index (χ3v) is 4.74. The van der Waals surface area contributed by atoms with E-state index in [0.29, 0.717) is 12.8 Å². The molecule has 1 aliphatic rings. The molecule has 1 fully saturated rings. The van der Waals surface area contributed by atoms with E-state index < -0.39 is 11.0 Å². The van der Waals surface area contributed by atoms with Crippen molar-refractivity contribution >= 4 is 21.9 Å². The number of aliphatic hydroxyl groups is 1. The molecular weight excluding hydrogens is 308 g/mol. The molecule has 1 aromatic carbocycles. The van der Waals surface area contributed by atoms with Crippen molar-refractivity contribution in [3.63, 3.8) is 0 Å². The highest BCUT2D eigenvalue weighted by atomic mass is 79.9. The van der Waals surface area contributed by atoms with Crippen molar-refractivity contribution in [1.82, 2.24) is 0 Å². The maximum atomic E-state index is 12.2. The average Bonchev–Trinajstić information content (AvgIpc) is 2.33. The summed E-state index contributed by atoms with van der Waals surface area (Å²) in [6, 6.07) is 7.66. The molecule has 2 rings (SSSR count). The minimum Gasteiger partial charge on any atom is -0.468 e. The molecule has 0 radical (unpaired) electrons. The van der Waals surface area contributed by atoms with Gasteiger partial charge >= 0.3 is 5.97 Å². The van der Waals surface area contributed by atoms with Gasteiger partial charge in [0.25, 0.3) is 0 Å². The Morgan fingerprint density at radius 1 is 1.42 bits per heavy atom. The van der Waals surface area contributed by atoms with Crippen molar-refractivity contribution in [3.8, 4) is 0 Å². The Labute approximate surface area is 122 Å². The number of halogens is 1. The molecular formula is C15H19BrO3. The number of hydrogen-bond acceptors (Lipinski definition) is 3. The maximum absolute atomic E-state index is 12.2. The van der Waals surface area contributed by atoms with Crippen LogP contribution in [-0.2, 0) is 14.9 Å². The molecule has 1 N–H and O–H groups in total. The van der Waals surface area contributed by atoms with Crippen LogP contribution in [0.5, 0.6) is 0 Å². The summed E-state index contributed by atoms with van der Waals surface area (Å²) in [4.78, 5) is 12.2. The summed E-state index contributed by atoms with van der Waals surface area (Å²) < 4.78 is 5.88. The normalized spacial score (nSPS) is 30.0. The highest BCUT2D eigenvalue weighted by Gasteiger charge is 2.61. The SMILES string of the molecule is COC(=O)C1(c2cccc(Br)c2)CC(O)(C(C)C)C1. The van der Waals surface area contributed by atoms with E-state index in [1.54, 1.807) is 0 Å². The van der Waals surface area contributed by atoms with Crippen LogP contribution in [0.1, 0.15) is 32.3 Å². The van der Waals surface area contributed by atoms with Crippen molar-refractivity contribution in [3.05, 3.63) is 34.3 Å². The van der Waals surface area contributed by atoms with E-state index in [2.05, 4.69) is 15.9 Å². The van der Waals surface area contributed by atoms with Crippen LogP contribution in [0, 0.1) is 5.92 Å². The Balaban J connectivity index is 2.38. The van der Waals surface area contributed by atoms with Gasteiger partial charge in [-0.2, -0.15) is 0 Å². The minimum absolute atomic E-state index is 0.123. The molecule has 0 amide bonds. The van der Waals surface area contributed by atoms with Crippen LogP contribution in [0.4, 0.5) is 0 Å². The zero-order valence-corrected chi connectivity index (χ0v) is 13.0. The lowest BCUT2D eigenvalue weighted by Crippen LogP contribution is -2.61. The lowest BCUT2D eigenvalue weighted by atomic mass is 9.53. The first-order chi connectivity index (χ1) is 8.84. The zero-order chi connectivity index (χ0) is 14.3. The standard InChI is InChI=1S/C15H19BrO3/c1-10(2)15(18)8-14(9-15,13(17)19-3)11-5-4-6-12(16)7-11/h4-7,10,18H,8-9H2,1-3H3. The van der Waals surface area contributed by atoms with Gasteiger partial charge in [-0.1, -0.05) is 41.9 Å². The Hall–Kier alpha value is -0.870. The number of esters is 1. The number of carbonyl (C=O) groups is 1. The lowest BCUT2D eigenvalue weighted by Gasteiger charge is -2.53. The molecule has 3 nitrogen and oxygen atoms in total. The number of methoxy groups -OCH3 is 1. The molecule has 19 heavy (non-hydrogen) atoms. The van der Waals surface area contributed by atoms with Crippen molar-refractivity contribution in [2.24, 2.45) is 5.92 Å². The first-order valence-corrected chi connectivity index (χ1v) is 7.20. The van der Waals surface area contributed by atoms with E-state index in [9.17, 15) is 9.90 Å². The van der Waals surface area contributed by atoms with Gasteiger partial charge in [0.05, 0.1) is 18.1 Å². The van der Waals surface area contributed by atoms with Crippen LogP contribution in [0.3, 0.4) is 0 Å². The summed E-state index contributed by atoms with van der Waals surface area (Å²) in [7, 11) is 1.40. The minimum atomic E-state index is -0.781. The Morgan fingerprint density at radius 2 is 2.05 bits per heavy atom. The van der Waals surface area contributed by atoms with Crippen LogP contribution in [0.2, 0.25) is 0 Å². The van der Waals surface area contributed by atoms with Crippen molar-refractivity contribution in [2.45, 2.75) is 37.7 Å². The molecule has 0 atom stereocenters. The molecule has 0 heterocycles. The van der Waals surface area contributed by atoms with E-state index in [-0.39, 0.29) is 11.9 Å². The number of benzene rings is 1. The summed E-state index contributed by atoms with van der Waals surface area (Å²) in [6.45, 7) is 3.95. The van der Waals surface area contributed by atoms with E-state index in [1.807, 2.05) is 38.1 Å². The highest BCUT2D eigenvalue weighted by Crippen LogP contribution is 2.54. The lowest BCUT2D eigenvalue weighted by molar-refractivity contribution is -0.175. The number of rotatable bonds is 3. The molecule has 0 aromatic heterocycles. The summed E-state index contributed by atoms with van der Waals surface area (Å²) in [6.07, 6.45) is 0.835. The predicted octanol–water partition coefficient (Wildman–Crippen LogP) is 3.04. The Morgan fingerprint density at radius 3 is 2.53 bits per heavy atom. The summed E-state index contributed by atoms with van der Waals surface area (Å²) >= 11 is 3.42. The van der Waals surface area contributed by atoms with Crippen LogP contribution >= 0.6 is 15.9 Å². The average molecular weight is 327 g/mol. The van der Waals surface area contributed by atoms with Gasteiger partial charge in [-0.05, 0) is 36.5 Å². The molecule has 4 heteroatoms. The van der Waals surface area contributed by atoms with Crippen LogP contribution in [-0.4, -0.2) is 23.8 Å². The highest BCUT2D eigenvalue weighted by molar-refractivity contribution is 9.10. The van der Waals surface area contributed by atoms with Gasteiger partial charge in [0.15, 0.2) is 0 Å². The fourth-order valence-corrected chi connectivity index (χ4v) is 3.25. The summed E-state index contributed by atoms with van der Waals surface area (Å²) in [5.41, 5.74) is -0.590. The zero-order valence-electron chi connectivity index (χ0n) is 11.4. The first-order valence-electron chi connectivity index (χ1n) is 6.41. The Bertz CT molecular complexity index is 490. The first kappa shape index (κ1) is 14.5. The van der Waals surface area contributed by atoms with Gasteiger partial charge in [0, 0.05) is 4.47 Å². The second-order valence-electron chi connectivity index (χ2n) is 5.70. The number of carbonyl (C=O) groups excluding carboxylic acids is 1. The van der Waals surface area contributed by atoms with E-state index in [0.717, 1.165) is 10.0 Å². The van der Waals surface area contributed by atoms with Gasteiger partial charge in [-0.3, -0.25) is 4.79 Å². The molecule has 0 bridgehead atoms. The fourth-order valence-electron chi connectivity index (χ4n) is 2.85. The van der Waals surface area contributed by atoms with Gasteiger partial charge in [-0.25, -0.2) is 0 Å². The predicted molar refractivity (Wildman–Crippen MR) is 76.9 cm³/mol. The van der Waals surface area contributed by atoms with E-state index >= 15 is 0 Å². The third-order valence-electron chi connectivity index (χ3n) is 4.24. The second-order valence-corrected chi connectivity index (χ2v) is 6.61. The fraction of sp³-hybridized carbons (Fsp3) is 0.533. The van der Waals surface area contributed by atoms with Gasteiger partial charge in [0.2, 0.25) is 0 Å². The Kier molecular flexibility index (Phi) is 3.76. The van der Waals surface area contributed by atoms with E-state index in [4.69, 9.17) is 4.74 Å². The molecule has 0 unspecified atom stereocenters. The van der Waals surface area contributed by atoms with Gasteiger partial charge in [0.1, 0.15) is 0 Å². The number of hydrogen-bond donors (Lipinski definition) is 1.